The zero-order chi connectivity index (χ0) is 15.5. The monoisotopic (exact) mass is 288 g/mol. The fraction of sp³-hybridized carbons (Fsp3) is 0.529. The second-order valence-electron chi connectivity index (χ2n) is 6.88. The Labute approximate surface area is 124 Å². The van der Waals surface area contributed by atoms with E-state index in [4.69, 9.17) is 9.47 Å². The SMILES string of the molecule is Cc1cccc(OC(=O)[C@@]23CC[C@@](C)(C(=O)O2)C3(C)C)c1. The second-order valence-corrected chi connectivity index (χ2v) is 6.88. The van der Waals surface area contributed by atoms with E-state index >= 15 is 0 Å². The maximum absolute atomic E-state index is 12.7. The molecule has 0 spiro atoms. The highest BCUT2D eigenvalue weighted by molar-refractivity contribution is 5.94. The molecule has 1 aromatic rings. The number of hydrogen-bond acceptors (Lipinski definition) is 4. The van der Waals surface area contributed by atoms with E-state index in [1.807, 2.05) is 39.8 Å². The summed E-state index contributed by atoms with van der Waals surface area (Å²) < 4.78 is 11.0. The van der Waals surface area contributed by atoms with E-state index in [0.717, 1.165) is 5.56 Å². The van der Waals surface area contributed by atoms with E-state index in [-0.39, 0.29) is 5.97 Å². The Morgan fingerprint density at radius 2 is 1.95 bits per heavy atom. The van der Waals surface area contributed by atoms with Crippen LogP contribution in [0.1, 0.15) is 39.2 Å². The number of rotatable bonds is 2. The highest BCUT2D eigenvalue weighted by atomic mass is 16.6. The molecular formula is C17H20O4. The molecule has 1 saturated carbocycles. The smallest absolute Gasteiger partial charge is 0.356 e. The van der Waals surface area contributed by atoms with Gasteiger partial charge in [-0.1, -0.05) is 26.0 Å². The average molecular weight is 288 g/mol. The summed E-state index contributed by atoms with van der Waals surface area (Å²) in [5, 5.41) is 0. The average Bonchev–Trinajstić information content (AvgIpc) is 2.69. The lowest BCUT2D eigenvalue weighted by Crippen LogP contribution is -2.50. The second kappa shape index (κ2) is 4.09. The minimum absolute atomic E-state index is 0.292. The minimum atomic E-state index is -1.16. The van der Waals surface area contributed by atoms with Crippen molar-refractivity contribution in [2.24, 2.45) is 10.8 Å². The lowest BCUT2D eigenvalue weighted by Gasteiger charge is -2.34. The van der Waals surface area contributed by atoms with Gasteiger partial charge in [0, 0.05) is 5.41 Å². The highest BCUT2D eigenvalue weighted by Gasteiger charge is 2.76. The van der Waals surface area contributed by atoms with Crippen molar-refractivity contribution in [2.45, 2.75) is 46.1 Å². The van der Waals surface area contributed by atoms with Gasteiger partial charge in [-0.15, -0.1) is 0 Å². The Morgan fingerprint density at radius 3 is 2.48 bits per heavy atom. The molecule has 4 nitrogen and oxygen atoms in total. The molecule has 0 unspecified atom stereocenters. The summed E-state index contributed by atoms with van der Waals surface area (Å²) in [4.78, 5) is 24.9. The zero-order valence-electron chi connectivity index (χ0n) is 12.9. The van der Waals surface area contributed by atoms with Gasteiger partial charge in [-0.2, -0.15) is 0 Å². The normalized spacial score (nSPS) is 32.9. The number of fused-ring (bicyclic) bond motifs is 2. The molecule has 112 valence electrons. The molecule has 0 aromatic heterocycles. The number of esters is 2. The van der Waals surface area contributed by atoms with Crippen LogP contribution in [-0.2, 0) is 14.3 Å². The molecule has 1 aliphatic heterocycles. The molecule has 1 saturated heterocycles. The lowest BCUT2D eigenvalue weighted by molar-refractivity contribution is -0.176. The zero-order valence-corrected chi connectivity index (χ0v) is 12.9. The van der Waals surface area contributed by atoms with Crippen LogP contribution in [0, 0.1) is 17.8 Å². The summed E-state index contributed by atoms with van der Waals surface area (Å²) in [6.07, 6.45) is 1.18. The van der Waals surface area contributed by atoms with Crippen molar-refractivity contribution in [1.82, 2.24) is 0 Å². The van der Waals surface area contributed by atoms with Crippen molar-refractivity contribution in [3.05, 3.63) is 29.8 Å². The fourth-order valence-corrected chi connectivity index (χ4v) is 3.57. The van der Waals surface area contributed by atoms with Crippen LogP contribution < -0.4 is 4.74 Å². The van der Waals surface area contributed by atoms with Gasteiger partial charge in [-0.05, 0) is 44.4 Å². The van der Waals surface area contributed by atoms with Gasteiger partial charge in [0.1, 0.15) is 5.75 Å². The Kier molecular flexibility index (Phi) is 2.75. The van der Waals surface area contributed by atoms with Gasteiger partial charge < -0.3 is 9.47 Å². The van der Waals surface area contributed by atoms with Crippen molar-refractivity contribution in [1.29, 1.82) is 0 Å². The molecular weight excluding hydrogens is 268 g/mol. The van der Waals surface area contributed by atoms with Gasteiger partial charge in [-0.3, -0.25) is 4.79 Å². The molecule has 2 bridgehead atoms. The highest BCUT2D eigenvalue weighted by Crippen LogP contribution is 2.65. The Bertz CT molecular complexity index is 633. The van der Waals surface area contributed by atoms with Crippen LogP contribution in [0.4, 0.5) is 0 Å². The van der Waals surface area contributed by atoms with Gasteiger partial charge in [0.25, 0.3) is 0 Å². The Morgan fingerprint density at radius 1 is 1.24 bits per heavy atom. The van der Waals surface area contributed by atoms with Crippen LogP contribution in [0.5, 0.6) is 5.75 Å². The van der Waals surface area contributed by atoms with Gasteiger partial charge in [0.2, 0.25) is 5.60 Å². The molecule has 2 aliphatic rings. The summed E-state index contributed by atoms with van der Waals surface area (Å²) in [5.74, 6) is -0.269. The van der Waals surface area contributed by atoms with E-state index in [0.29, 0.717) is 18.6 Å². The third-order valence-corrected chi connectivity index (χ3v) is 5.61. The molecule has 2 atom stereocenters. The van der Waals surface area contributed by atoms with Crippen LogP contribution >= 0.6 is 0 Å². The van der Waals surface area contributed by atoms with Crippen molar-refractivity contribution >= 4 is 11.9 Å². The van der Waals surface area contributed by atoms with Crippen LogP contribution in [0.2, 0.25) is 0 Å². The molecule has 2 fully saturated rings. The van der Waals surface area contributed by atoms with E-state index in [1.165, 1.54) is 0 Å². The molecule has 21 heavy (non-hydrogen) atoms. The number of benzene rings is 1. The van der Waals surface area contributed by atoms with Crippen molar-refractivity contribution in [2.75, 3.05) is 0 Å². The van der Waals surface area contributed by atoms with E-state index < -0.39 is 22.4 Å². The molecule has 4 heteroatoms. The van der Waals surface area contributed by atoms with Crippen molar-refractivity contribution in [3.63, 3.8) is 0 Å². The number of ether oxygens (including phenoxy) is 2. The molecule has 0 amide bonds. The van der Waals surface area contributed by atoms with Crippen molar-refractivity contribution < 1.29 is 19.1 Å². The molecule has 0 N–H and O–H groups in total. The first-order valence-electron chi connectivity index (χ1n) is 7.25. The maximum atomic E-state index is 12.7. The van der Waals surface area contributed by atoms with E-state index in [1.54, 1.807) is 12.1 Å². The van der Waals surface area contributed by atoms with Gasteiger partial charge >= 0.3 is 11.9 Å². The lowest BCUT2D eigenvalue weighted by atomic mass is 9.66. The van der Waals surface area contributed by atoms with E-state index in [2.05, 4.69) is 0 Å². The number of carbonyl (C=O) groups is 2. The quantitative estimate of drug-likeness (QED) is 0.620. The first kappa shape index (κ1) is 14.1. The van der Waals surface area contributed by atoms with Gasteiger partial charge in [0.15, 0.2) is 0 Å². The summed E-state index contributed by atoms with van der Waals surface area (Å²) >= 11 is 0. The predicted molar refractivity (Wildman–Crippen MR) is 76.8 cm³/mol. The van der Waals surface area contributed by atoms with Gasteiger partial charge in [0.05, 0.1) is 5.41 Å². The largest absolute Gasteiger partial charge is 0.446 e. The summed E-state index contributed by atoms with van der Waals surface area (Å²) in [6, 6.07) is 7.30. The Balaban J connectivity index is 1.93. The van der Waals surface area contributed by atoms with E-state index in [9.17, 15) is 9.59 Å². The fourth-order valence-electron chi connectivity index (χ4n) is 3.57. The summed E-state index contributed by atoms with van der Waals surface area (Å²) in [5.41, 5.74) is -1.34. The summed E-state index contributed by atoms with van der Waals surface area (Å²) in [7, 11) is 0. The molecule has 3 rings (SSSR count). The molecule has 1 aromatic carbocycles. The summed E-state index contributed by atoms with van der Waals surface area (Å²) in [6.45, 7) is 7.65. The molecule has 1 aliphatic carbocycles. The first-order chi connectivity index (χ1) is 9.73. The predicted octanol–water partition coefficient (Wildman–Crippen LogP) is 3.02. The molecule has 0 radical (unpaired) electrons. The number of aryl methyl sites for hydroxylation is 1. The number of carbonyl (C=O) groups excluding carboxylic acids is 2. The standard InChI is InChI=1S/C17H20O4/c1-11-6-5-7-12(10-11)20-14(19)17-9-8-16(4,13(18)21-17)15(17,2)3/h5-7,10H,8-9H2,1-4H3/t16-,17+/m0/s1. The van der Waals surface area contributed by atoms with Crippen molar-refractivity contribution in [3.8, 4) is 5.75 Å². The third-order valence-electron chi connectivity index (χ3n) is 5.61. The molecule has 1 heterocycles. The Hall–Kier alpha value is -1.84. The third kappa shape index (κ3) is 1.62. The first-order valence-corrected chi connectivity index (χ1v) is 7.25. The maximum Gasteiger partial charge on any atom is 0.356 e. The van der Waals surface area contributed by atoms with Gasteiger partial charge in [-0.25, -0.2) is 4.79 Å². The minimum Gasteiger partial charge on any atom is -0.446 e. The van der Waals surface area contributed by atoms with Crippen LogP contribution in [0.3, 0.4) is 0 Å². The topological polar surface area (TPSA) is 52.6 Å². The van der Waals surface area contributed by atoms with Crippen LogP contribution in [0.25, 0.3) is 0 Å². The van der Waals surface area contributed by atoms with Crippen LogP contribution in [-0.4, -0.2) is 17.5 Å². The van der Waals surface area contributed by atoms with Crippen LogP contribution in [0.15, 0.2) is 24.3 Å². The number of hydrogen-bond donors (Lipinski definition) is 0.